The molecule has 0 spiro atoms. The first-order chi connectivity index (χ1) is 6.36. The number of aryl methyl sites for hydroxylation is 1. The summed E-state index contributed by atoms with van der Waals surface area (Å²) in [6.07, 6.45) is 0. The van der Waals surface area contributed by atoms with Gasteiger partial charge in [0.25, 0.3) is 0 Å². The number of nitrogens with zero attached hydrogens (tertiary/aromatic N) is 1. The summed E-state index contributed by atoms with van der Waals surface area (Å²) in [4.78, 5) is 3.26. The van der Waals surface area contributed by atoms with Gasteiger partial charge in [-0.1, -0.05) is 18.2 Å². The van der Waals surface area contributed by atoms with Gasteiger partial charge in [-0.05, 0) is 13.0 Å². The summed E-state index contributed by atoms with van der Waals surface area (Å²) in [6.45, 7) is 2.04. The van der Waals surface area contributed by atoms with Crippen LogP contribution < -0.4 is 0 Å². The number of hydrogen-bond donors (Lipinski definition) is 2. The predicted molar refractivity (Wildman–Crippen MR) is 52.7 cm³/mol. The van der Waals surface area contributed by atoms with Crippen molar-refractivity contribution < 1.29 is 0 Å². The number of nitrogens with one attached hydrogen (secondary N) is 2. The van der Waals surface area contributed by atoms with Gasteiger partial charge in [-0.2, -0.15) is 5.10 Å². The minimum atomic E-state index is 0.943. The number of para-hydroxylation sites is 1. The Balaban J connectivity index is 2.66. The number of aromatic nitrogens is 3. The molecule has 64 valence electrons. The molecule has 3 rings (SSSR count). The Hall–Kier alpha value is -1.77. The van der Waals surface area contributed by atoms with Crippen molar-refractivity contribution >= 4 is 21.9 Å². The summed E-state index contributed by atoms with van der Waals surface area (Å²) in [7, 11) is 0. The molecule has 0 bridgehead atoms. The van der Waals surface area contributed by atoms with Crippen LogP contribution in [0.2, 0.25) is 0 Å². The molecule has 3 heteroatoms. The van der Waals surface area contributed by atoms with E-state index in [1.54, 1.807) is 0 Å². The van der Waals surface area contributed by atoms with Crippen molar-refractivity contribution in [2.45, 2.75) is 6.92 Å². The molecule has 0 atom stereocenters. The fraction of sp³-hybridized carbons (Fsp3) is 0.100. The lowest BCUT2D eigenvalue weighted by molar-refractivity contribution is 1.06. The third-order valence-corrected chi connectivity index (χ3v) is 2.40. The van der Waals surface area contributed by atoms with Crippen molar-refractivity contribution in [3.8, 4) is 0 Å². The Morgan fingerprint density at radius 1 is 1.23 bits per heavy atom. The third-order valence-electron chi connectivity index (χ3n) is 2.40. The topological polar surface area (TPSA) is 44.5 Å². The maximum Gasteiger partial charge on any atom is 0.160 e. The Morgan fingerprint density at radius 3 is 3.00 bits per heavy atom. The van der Waals surface area contributed by atoms with E-state index < -0.39 is 0 Å². The molecule has 0 aliphatic carbocycles. The smallest absolute Gasteiger partial charge is 0.160 e. The minimum Gasteiger partial charge on any atom is -0.338 e. The molecule has 0 unspecified atom stereocenters. The third kappa shape index (κ3) is 0.758. The number of H-pyrrole nitrogens is 2. The Kier molecular flexibility index (Phi) is 1.10. The minimum absolute atomic E-state index is 0.943. The van der Waals surface area contributed by atoms with Gasteiger partial charge < -0.3 is 4.98 Å². The summed E-state index contributed by atoms with van der Waals surface area (Å²) in [6, 6.07) is 8.24. The van der Waals surface area contributed by atoms with Gasteiger partial charge in [-0.3, -0.25) is 5.10 Å². The zero-order chi connectivity index (χ0) is 8.84. The fourth-order valence-corrected chi connectivity index (χ4v) is 1.79. The lowest BCUT2D eigenvalue weighted by Gasteiger charge is -1.88. The first-order valence-corrected chi connectivity index (χ1v) is 4.27. The van der Waals surface area contributed by atoms with Crippen LogP contribution in [0.5, 0.6) is 0 Å². The van der Waals surface area contributed by atoms with Crippen LogP contribution in [0.3, 0.4) is 0 Å². The van der Waals surface area contributed by atoms with E-state index in [1.807, 2.05) is 19.1 Å². The molecule has 3 aromatic rings. The molecule has 13 heavy (non-hydrogen) atoms. The molecule has 2 aromatic heterocycles. The molecular weight excluding hydrogens is 162 g/mol. The van der Waals surface area contributed by atoms with E-state index in [0.29, 0.717) is 0 Å². The lowest BCUT2D eigenvalue weighted by atomic mass is 10.2. The average Bonchev–Trinajstić information content (AvgIpc) is 2.66. The first-order valence-electron chi connectivity index (χ1n) is 4.27. The SMILES string of the molecule is Cc1[nH]nc2[nH]c3ccccc3c12. The summed E-state index contributed by atoms with van der Waals surface area (Å²) >= 11 is 0. The van der Waals surface area contributed by atoms with Gasteiger partial charge in [0.2, 0.25) is 0 Å². The largest absolute Gasteiger partial charge is 0.338 e. The number of hydrogen-bond acceptors (Lipinski definition) is 1. The molecule has 0 radical (unpaired) electrons. The van der Waals surface area contributed by atoms with E-state index in [9.17, 15) is 0 Å². The zero-order valence-electron chi connectivity index (χ0n) is 7.26. The van der Waals surface area contributed by atoms with E-state index in [4.69, 9.17) is 0 Å². The molecule has 3 nitrogen and oxygen atoms in total. The predicted octanol–water partition coefficient (Wildman–Crippen LogP) is 2.35. The van der Waals surface area contributed by atoms with Crippen molar-refractivity contribution in [2.24, 2.45) is 0 Å². The van der Waals surface area contributed by atoms with Gasteiger partial charge in [-0.25, -0.2) is 0 Å². The van der Waals surface area contributed by atoms with E-state index in [1.165, 1.54) is 10.8 Å². The maximum absolute atomic E-state index is 4.17. The second-order valence-corrected chi connectivity index (χ2v) is 3.24. The van der Waals surface area contributed by atoms with E-state index >= 15 is 0 Å². The molecule has 0 saturated heterocycles. The Labute approximate surface area is 74.8 Å². The van der Waals surface area contributed by atoms with E-state index in [-0.39, 0.29) is 0 Å². The van der Waals surface area contributed by atoms with Crippen molar-refractivity contribution in [1.29, 1.82) is 0 Å². The van der Waals surface area contributed by atoms with Crippen LogP contribution in [0.1, 0.15) is 5.69 Å². The van der Waals surface area contributed by atoms with Crippen LogP contribution in [-0.4, -0.2) is 15.2 Å². The summed E-state index contributed by atoms with van der Waals surface area (Å²) in [5.74, 6) is 0. The molecule has 0 saturated carbocycles. The van der Waals surface area contributed by atoms with Crippen molar-refractivity contribution in [3.63, 3.8) is 0 Å². The molecule has 2 N–H and O–H groups in total. The maximum atomic E-state index is 4.17. The summed E-state index contributed by atoms with van der Waals surface area (Å²) in [5.41, 5.74) is 3.21. The first kappa shape index (κ1) is 6.71. The molecule has 0 aliphatic heterocycles. The van der Waals surface area contributed by atoms with Gasteiger partial charge in [0.1, 0.15) is 0 Å². The second-order valence-electron chi connectivity index (χ2n) is 3.24. The fourth-order valence-electron chi connectivity index (χ4n) is 1.79. The molecule has 0 fully saturated rings. The lowest BCUT2D eigenvalue weighted by Crippen LogP contribution is -1.73. The average molecular weight is 171 g/mol. The summed E-state index contributed by atoms with van der Waals surface area (Å²) < 4.78 is 0. The van der Waals surface area contributed by atoms with Gasteiger partial charge in [0.05, 0.1) is 0 Å². The quantitative estimate of drug-likeness (QED) is 0.535. The van der Waals surface area contributed by atoms with Crippen molar-refractivity contribution in [3.05, 3.63) is 30.0 Å². The number of rotatable bonds is 0. The van der Waals surface area contributed by atoms with E-state index in [0.717, 1.165) is 16.9 Å². The highest BCUT2D eigenvalue weighted by Gasteiger charge is 2.07. The standard InChI is InChI=1S/C10H9N3/c1-6-9-7-4-2-3-5-8(7)11-10(9)13-12-6/h2-5H,1H3,(H2,11,12,13). The molecule has 0 amide bonds. The highest BCUT2D eigenvalue weighted by atomic mass is 15.1. The van der Waals surface area contributed by atoms with Gasteiger partial charge >= 0.3 is 0 Å². The Bertz CT molecular complexity index is 574. The Morgan fingerprint density at radius 2 is 2.08 bits per heavy atom. The van der Waals surface area contributed by atoms with E-state index in [2.05, 4.69) is 27.3 Å². The van der Waals surface area contributed by atoms with Crippen LogP contribution in [-0.2, 0) is 0 Å². The van der Waals surface area contributed by atoms with Gasteiger partial charge in [0, 0.05) is 22.0 Å². The van der Waals surface area contributed by atoms with Crippen LogP contribution >= 0.6 is 0 Å². The second kappa shape index (κ2) is 2.13. The number of aromatic amines is 2. The highest BCUT2D eigenvalue weighted by molar-refractivity contribution is 6.07. The number of benzene rings is 1. The molecular formula is C10H9N3. The normalized spacial score (nSPS) is 11.5. The number of fused-ring (bicyclic) bond motifs is 3. The van der Waals surface area contributed by atoms with Crippen LogP contribution in [0.15, 0.2) is 24.3 Å². The van der Waals surface area contributed by atoms with Gasteiger partial charge in [-0.15, -0.1) is 0 Å². The van der Waals surface area contributed by atoms with Crippen molar-refractivity contribution in [2.75, 3.05) is 0 Å². The van der Waals surface area contributed by atoms with Crippen LogP contribution in [0.25, 0.3) is 21.9 Å². The van der Waals surface area contributed by atoms with Crippen LogP contribution in [0.4, 0.5) is 0 Å². The van der Waals surface area contributed by atoms with Crippen molar-refractivity contribution in [1.82, 2.24) is 15.2 Å². The monoisotopic (exact) mass is 171 g/mol. The zero-order valence-corrected chi connectivity index (χ0v) is 7.26. The molecule has 0 aliphatic rings. The summed E-state index contributed by atoms with van der Waals surface area (Å²) in [5, 5.41) is 9.59. The van der Waals surface area contributed by atoms with Crippen LogP contribution in [0, 0.1) is 6.92 Å². The van der Waals surface area contributed by atoms with Gasteiger partial charge in [0.15, 0.2) is 5.65 Å². The molecule has 2 heterocycles. The molecule has 1 aromatic carbocycles. The highest BCUT2D eigenvalue weighted by Crippen LogP contribution is 2.25.